The first-order chi connectivity index (χ1) is 16.0. The number of carbonyl (C=O) groups excluding carboxylic acids is 1. The van der Waals surface area contributed by atoms with Crippen molar-refractivity contribution in [3.63, 3.8) is 0 Å². The van der Waals surface area contributed by atoms with Crippen LogP contribution in [0.3, 0.4) is 0 Å². The summed E-state index contributed by atoms with van der Waals surface area (Å²) in [5, 5.41) is 15.4. The van der Waals surface area contributed by atoms with Gasteiger partial charge in [0, 0.05) is 12.3 Å². The van der Waals surface area contributed by atoms with Gasteiger partial charge >= 0.3 is 5.97 Å². The fraction of sp³-hybridized carbons (Fsp3) is 0.346. The van der Waals surface area contributed by atoms with Crippen LogP contribution >= 0.6 is 0 Å². The van der Waals surface area contributed by atoms with Gasteiger partial charge in [-0.25, -0.2) is 5.01 Å². The third kappa shape index (κ3) is 4.92. The minimum absolute atomic E-state index is 0.0606. The molecule has 1 fully saturated rings. The van der Waals surface area contributed by atoms with E-state index in [1.165, 1.54) is 5.01 Å². The minimum atomic E-state index is -0.990. The number of benzene rings is 2. The summed E-state index contributed by atoms with van der Waals surface area (Å²) in [4.78, 5) is 24.1. The molecule has 1 saturated carbocycles. The lowest BCUT2D eigenvalue weighted by Crippen LogP contribution is -2.41. The van der Waals surface area contributed by atoms with Gasteiger partial charge in [-0.3, -0.25) is 9.59 Å². The number of hydrazone groups is 1. The number of fused-ring (bicyclic) bond motifs is 1. The molecule has 0 spiro atoms. The Balaban J connectivity index is 1.69. The van der Waals surface area contributed by atoms with Gasteiger partial charge in [0.05, 0.1) is 32.4 Å². The molecule has 2 atom stereocenters. The van der Waals surface area contributed by atoms with E-state index >= 15 is 0 Å². The van der Waals surface area contributed by atoms with E-state index in [0.29, 0.717) is 0 Å². The molecule has 1 aliphatic heterocycles. The molecule has 1 aliphatic carbocycles. The Labute approximate surface area is 193 Å². The van der Waals surface area contributed by atoms with Crippen LogP contribution in [0.25, 0.3) is 6.08 Å². The Morgan fingerprint density at radius 1 is 1.03 bits per heavy atom. The van der Waals surface area contributed by atoms with Crippen molar-refractivity contribution in [1.29, 1.82) is 0 Å². The minimum Gasteiger partial charge on any atom is -0.497 e. The van der Waals surface area contributed by atoms with E-state index in [9.17, 15) is 9.59 Å². The molecule has 0 saturated heterocycles. The topological polar surface area (TPSA) is 88.4 Å². The lowest BCUT2D eigenvalue weighted by Gasteiger charge is -2.33. The number of hydrogen-bond donors (Lipinski definition) is 1. The summed E-state index contributed by atoms with van der Waals surface area (Å²) in [5.74, 6) is 0.349. The predicted molar refractivity (Wildman–Crippen MR) is 125 cm³/mol. The summed E-state index contributed by atoms with van der Waals surface area (Å²) in [7, 11) is 3.26. The molecule has 2 aromatic rings. The smallest absolute Gasteiger partial charge is 0.303 e. The Bertz CT molecular complexity index is 1070. The van der Waals surface area contributed by atoms with Gasteiger partial charge in [-0.15, -0.1) is 0 Å². The van der Waals surface area contributed by atoms with Gasteiger partial charge in [-0.2, -0.15) is 5.10 Å². The first-order valence-electron chi connectivity index (χ1n) is 11.1. The number of hydrogen-bond acceptors (Lipinski definition) is 5. The SMILES string of the molecule is COc1ccc(C=C2CCCC3C(c4ccc(OC)cc4)=NN(C(=O)CCC(=O)O)C23)cc1. The molecule has 1 N–H and O–H groups in total. The van der Waals surface area contributed by atoms with Crippen LogP contribution in [0.2, 0.25) is 0 Å². The second kappa shape index (κ2) is 9.90. The molecule has 7 heteroatoms. The summed E-state index contributed by atoms with van der Waals surface area (Å²) in [6.45, 7) is 0. The molecular weight excluding hydrogens is 420 g/mol. The average Bonchev–Trinajstić information content (AvgIpc) is 3.24. The first kappa shape index (κ1) is 22.6. The second-order valence-corrected chi connectivity index (χ2v) is 8.28. The maximum atomic E-state index is 13.1. The highest BCUT2D eigenvalue weighted by Gasteiger charge is 2.44. The highest BCUT2D eigenvalue weighted by atomic mass is 16.5. The zero-order chi connectivity index (χ0) is 23.4. The van der Waals surface area contributed by atoms with Crippen molar-refractivity contribution in [1.82, 2.24) is 5.01 Å². The number of amides is 1. The van der Waals surface area contributed by atoms with E-state index in [1.807, 2.05) is 48.5 Å². The van der Waals surface area contributed by atoms with E-state index in [0.717, 1.165) is 53.2 Å². The van der Waals surface area contributed by atoms with Crippen molar-refractivity contribution < 1.29 is 24.2 Å². The summed E-state index contributed by atoms with van der Waals surface area (Å²) >= 11 is 0. The van der Waals surface area contributed by atoms with Crippen molar-refractivity contribution in [2.75, 3.05) is 14.2 Å². The summed E-state index contributed by atoms with van der Waals surface area (Å²) in [6.07, 6.45) is 4.61. The van der Waals surface area contributed by atoms with E-state index in [-0.39, 0.29) is 30.7 Å². The van der Waals surface area contributed by atoms with Crippen molar-refractivity contribution in [3.05, 3.63) is 65.2 Å². The van der Waals surface area contributed by atoms with E-state index in [4.69, 9.17) is 19.7 Å². The van der Waals surface area contributed by atoms with Crippen molar-refractivity contribution >= 4 is 23.7 Å². The molecule has 0 aromatic heterocycles. The third-order valence-corrected chi connectivity index (χ3v) is 6.23. The Morgan fingerprint density at radius 2 is 1.67 bits per heavy atom. The molecule has 0 radical (unpaired) electrons. The van der Waals surface area contributed by atoms with Crippen molar-refractivity contribution in [3.8, 4) is 11.5 Å². The predicted octanol–water partition coefficient (Wildman–Crippen LogP) is 4.37. The molecule has 172 valence electrons. The van der Waals surface area contributed by atoms with Crippen molar-refractivity contribution in [2.24, 2.45) is 11.0 Å². The van der Waals surface area contributed by atoms with Gasteiger partial charge in [0.15, 0.2) is 0 Å². The monoisotopic (exact) mass is 448 g/mol. The van der Waals surface area contributed by atoms with Crippen LogP contribution in [-0.2, 0) is 9.59 Å². The number of carbonyl (C=O) groups is 2. The van der Waals surface area contributed by atoms with Gasteiger partial charge in [-0.05, 0) is 72.4 Å². The van der Waals surface area contributed by atoms with Gasteiger partial charge < -0.3 is 14.6 Å². The number of carboxylic acids is 1. The maximum Gasteiger partial charge on any atom is 0.303 e. The fourth-order valence-corrected chi connectivity index (χ4v) is 4.60. The van der Waals surface area contributed by atoms with Crippen LogP contribution in [0, 0.1) is 5.92 Å². The summed E-state index contributed by atoms with van der Waals surface area (Å²) in [5.41, 5.74) is 3.98. The fourth-order valence-electron chi connectivity index (χ4n) is 4.60. The zero-order valence-corrected chi connectivity index (χ0v) is 18.9. The van der Waals surface area contributed by atoms with Crippen LogP contribution in [0.15, 0.2) is 59.2 Å². The van der Waals surface area contributed by atoms with Crippen LogP contribution in [0.5, 0.6) is 11.5 Å². The van der Waals surface area contributed by atoms with Crippen LogP contribution in [0.4, 0.5) is 0 Å². The van der Waals surface area contributed by atoms with Gasteiger partial charge in [0.1, 0.15) is 11.5 Å². The molecule has 1 amide bonds. The van der Waals surface area contributed by atoms with Crippen LogP contribution in [-0.4, -0.2) is 48.0 Å². The average molecular weight is 449 g/mol. The molecule has 2 aliphatic rings. The van der Waals surface area contributed by atoms with Gasteiger partial charge in [0.2, 0.25) is 5.91 Å². The highest BCUT2D eigenvalue weighted by molar-refractivity contribution is 6.05. The first-order valence-corrected chi connectivity index (χ1v) is 11.1. The number of methoxy groups -OCH3 is 2. The van der Waals surface area contributed by atoms with Gasteiger partial charge in [0.25, 0.3) is 0 Å². The molecule has 1 heterocycles. The van der Waals surface area contributed by atoms with E-state index < -0.39 is 5.97 Å². The summed E-state index contributed by atoms with van der Waals surface area (Å²) < 4.78 is 10.5. The largest absolute Gasteiger partial charge is 0.497 e. The van der Waals surface area contributed by atoms with Crippen LogP contribution in [0.1, 0.15) is 43.2 Å². The van der Waals surface area contributed by atoms with Crippen molar-refractivity contribution in [2.45, 2.75) is 38.1 Å². The Hall–Kier alpha value is -3.61. The van der Waals surface area contributed by atoms with E-state index in [2.05, 4.69) is 6.08 Å². The normalized spacial score (nSPS) is 20.8. The lowest BCUT2D eigenvalue weighted by atomic mass is 9.76. The number of rotatable bonds is 7. The van der Waals surface area contributed by atoms with E-state index in [1.54, 1.807) is 14.2 Å². The quantitative estimate of drug-likeness (QED) is 0.680. The molecule has 4 rings (SSSR count). The number of nitrogens with zero attached hydrogens (tertiary/aromatic N) is 2. The third-order valence-electron chi connectivity index (χ3n) is 6.23. The Kier molecular flexibility index (Phi) is 6.77. The maximum absolute atomic E-state index is 13.1. The molecule has 33 heavy (non-hydrogen) atoms. The number of carboxylic acid groups (broad SMARTS) is 1. The molecule has 2 unspecified atom stereocenters. The zero-order valence-electron chi connectivity index (χ0n) is 18.9. The van der Waals surface area contributed by atoms with Gasteiger partial charge in [-0.1, -0.05) is 18.2 Å². The highest BCUT2D eigenvalue weighted by Crippen LogP contribution is 2.41. The second-order valence-electron chi connectivity index (χ2n) is 8.28. The number of aliphatic carboxylic acids is 1. The van der Waals surface area contributed by atoms with Crippen LogP contribution < -0.4 is 9.47 Å². The molecule has 0 bridgehead atoms. The summed E-state index contributed by atoms with van der Waals surface area (Å²) in [6, 6.07) is 15.3. The molecular formula is C26H28N2O5. The number of ether oxygens (including phenoxy) is 2. The molecule has 2 aromatic carbocycles. The molecule has 7 nitrogen and oxygen atoms in total. The Morgan fingerprint density at radius 3 is 2.27 bits per heavy atom. The standard InChI is InChI=1S/C26H28N2O5/c1-32-20-10-6-17(7-11-20)16-19-4-3-5-22-25(18-8-12-21(33-2)13-9-18)27-28(26(19)22)23(29)14-15-24(30)31/h6-13,16,22,26H,3-5,14-15H2,1-2H3,(H,30,31). The lowest BCUT2D eigenvalue weighted by molar-refractivity contribution is -0.141.